The number of hydrogen-bond acceptors (Lipinski definition) is 10. The minimum absolute atomic E-state index is 0.194. The molecule has 0 saturated carbocycles. The molecule has 184 valence electrons. The predicted octanol–water partition coefficient (Wildman–Crippen LogP) is 0.864. The third-order valence-corrected chi connectivity index (χ3v) is 4.59. The first-order chi connectivity index (χ1) is 14.9. The average Bonchev–Trinajstić information content (AvgIpc) is 2.63. The molecule has 0 spiro atoms. The van der Waals surface area contributed by atoms with Gasteiger partial charge in [0.2, 0.25) is 5.91 Å². The second kappa shape index (κ2) is 12.7. The molecule has 1 amide bonds. The summed E-state index contributed by atoms with van der Waals surface area (Å²) in [7, 11) is 0. The predicted molar refractivity (Wildman–Crippen MR) is 110 cm³/mol. The molecule has 1 heterocycles. The van der Waals surface area contributed by atoms with Crippen LogP contribution in [-0.2, 0) is 47.6 Å². The normalized spacial score (nSPS) is 25.5. The van der Waals surface area contributed by atoms with Crippen molar-refractivity contribution in [3.05, 3.63) is 0 Å². The summed E-state index contributed by atoms with van der Waals surface area (Å²) >= 11 is 0. The molecule has 5 atom stereocenters. The van der Waals surface area contributed by atoms with Crippen LogP contribution >= 0.6 is 0 Å². The summed E-state index contributed by atoms with van der Waals surface area (Å²) in [5, 5.41) is 2.65. The highest BCUT2D eigenvalue weighted by atomic mass is 16.7. The maximum absolute atomic E-state index is 11.9. The van der Waals surface area contributed by atoms with Crippen LogP contribution in [0.3, 0.4) is 0 Å². The van der Waals surface area contributed by atoms with Gasteiger partial charge in [0.25, 0.3) is 0 Å². The molecule has 0 aliphatic carbocycles. The molecule has 0 aromatic carbocycles. The Balaban J connectivity index is 3.19. The highest BCUT2D eigenvalue weighted by molar-refractivity contribution is 5.73. The van der Waals surface area contributed by atoms with Crippen LogP contribution in [-0.4, -0.2) is 79.9 Å². The van der Waals surface area contributed by atoms with E-state index in [-0.39, 0.29) is 13.2 Å². The molecule has 11 nitrogen and oxygen atoms in total. The van der Waals surface area contributed by atoms with Crippen molar-refractivity contribution < 1.29 is 47.6 Å². The van der Waals surface area contributed by atoms with Crippen LogP contribution in [0.2, 0.25) is 0 Å². The zero-order chi connectivity index (χ0) is 24.5. The van der Waals surface area contributed by atoms with Crippen molar-refractivity contribution in [3.8, 4) is 0 Å². The Morgan fingerprint density at radius 3 is 2.03 bits per heavy atom. The van der Waals surface area contributed by atoms with Crippen molar-refractivity contribution >= 4 is 23.8 Å². The Hall–Kier alpha value is -2.24. The van der Waals surface area contributed by atoms with E-state index in [1.165, 1.54) is 27.7 Å². The lowest BCUT2D eigenvalue weighted by Gasteiger charge is -2.45. The Bertz CT molecular complexity index is 665. The SMILES string of the molecule is CCOC(C)(C)CCO[C@@H]1O[C@H](COC(C)=O)[C@H](OC(C)=O)[C@H](OC(C)=O)[C@H]1NC(C)=O. The van der Waals surface area contributed by atoms with Gasteiger partial charge in [-0.1, -0.05) is 0 Å². The van der Waals surface area contributed by atoms with Crippen molar-refractivity contribution in [1.82, 2.24) is 5.32 Å². The zero-order valence-electron chi connectivity index (χ0n) is 19.8. The van der Waals surface area contributed by atoms with Gasteiger partial charge in [0.15, 0.2) is 18.5 Å². The van der Waals surface area contributed by atoms with Gasteiger partial charge in [-0.3, -0.25) is 19.2 Å². The van der Waals surface area contributed by atoms with E-state index in [1.54, 1.807) is 0 Å². The average molecular weight is 462 g/mol. The minimum Gasteiger partial charge on any atom is -0.463 e. The summed E-state index contributed by atoms with van der Waals surface area (Å²) in [4.78, 5) is 46.7. The number of carbonyl (C=O) groups is 4. The summed E-state index contributed by atoms with van der Waals surface area (Å²) in [6, 6.07) is -0.982. The van der Waals surface area contributed by atoms with E-state index in [4.69, 9.17) is 28.4 Å². The Morgan fingerprint density at radius 2 is 1.53 bits per heavy atom. The van der Waals surface area contributed by atoms with Gasteiger partial charge in [-0.25, -0.2) is 0 Å². The molecule has 11 heteroatoms. The topological polar surface area (TPSA) is 136 Å². The molecular weight excluding hydrogens is 426 g/mol. The number of hydrogen-bond donors (Lipinski definition) is 1. The molecule has 32 heavy (non-hydrogen) atoms. The van der Waals surface area contributed by atoms with Crippen LogP contribution in [0.5, 0.6) is 0 Å². The molecule has 1 saturated heterocycles. The fourth-order valence-electron chi connectivity index (χ4n) is 3.32. The van der Waals surface area contributed by atoms with E-state index in [0.717, 1.165) is 0 Å². The zero-order valence-corrected chi connectivity index (χ0v) is 19.8. The maximum atomic E-state index is 11.9. The van der Waals surface area contributed by atoms with E-state index in [2.05, 4.69) is 5.32 Å². The molecule has 1 aliphatic rings. The molecule has 0 aromatic heterocycles. The first-order valence-corrected chi connectivity index (χ1v) is 10.5. The third kappa shape index (κ3) is 9.49. The highest BCUT2D eigenvalue weighted by Crippen LogP contribution is 2.28. The lowest BCUT2D eigenvalue weighted by atomic mass is 9.96. The van der Waals surface area contributed by atoms with E-state index in [0.29, 0.717) is 13.0 Å². The lowest BCUT2D eigenvalue weighted by Crippen LogP contribution is -2.66. The summed E-state index contributed by atoms with van der Waals surface area (Å²) in [5.41, 5.74) is -0.459. The van der Waals surface area contributed by atoms with Crippen molar-refractivity contribution in [3.63, 3.8) is 0 Å². The molecule has 1 N–H and O–H groups in total. The minimum atomic E-state index is -1.15. The van der Waals surface area contributed by atoms with Crippen molar-refractivity contribution in [2.45, 2.75) is 91.1 Å². The van der Waals surface area contributed by atoms with Crippen molar-refractivity contribution in [2.75, 3.05) is 19.8 Å². The van der Waals surface area contributed by atoms with Crippen LogP contribution in [0, 0.1) is 0 Å². The van der Waals surface area contributed by atoms with Crippen LogP contribution in [0.15, 0.2) is 0 Å². The highest BCUT2D eigenvalue weighted by Gasteiger charge is 2.51. The number of ether oxygens (including phenoxy) is 6. The number of esters is 3. The molecule has 1 fully saturated rings. The summed E-state index contributed by atoms with van der Waals surface area (Å²) in [5.74, 6) is -2.33. The maximum Gasteiger partial charge on any atom is 0.303 e. The van der Waals surface area contributed by atoms with Gasteiger partial charge in [-0.15, -0.1) is 0 Å². The molecule has 0 aromatic rings. The van der Waals surface area contributed by atoms with Crippen LogP contribution in [0.4, 0.5) is 0 Å². The molecule has 0 radical (unpaired) electrons. The Morgan fingerprint density at radius 1 is 0.938 bits per heavy atom. The van der Waals surface area contributed by atoms with Crippen molar-refractivity contribution in [1.29, 1.82) is 0 Å². The Labute approximate surface area is 188 Å². The number of rotatable bonds is 11. The number of nitrogens with one attached hydrogen (secondary N) is 1. The smallest absolute Gasteiger partial charge is 0.303 e. The van der Waals surface area contributed by atoms with Gasteiger partial charge in [0, 0.05) is 34.3 Å². The Kier molecular flexibility index (Phi) is 11.0. The number of carbonyl (C=O) groups excluding carboxylic acids is 4. The van der Waals surface area contributed by atoms with Crippen molar-refractivity contribution in [2.24, 2.45) is 0 Å². The lowest BCUT2D eigenvalue weighted by molar-refractivity contribution is -0.279. The first-order valence-electron chi connectivity index (χ1n) is 10.5. The summed E-state index contributed by atoms with van der Waals surface area (Å²) in [6.45, 7) is 11.0. The second-order valence-electron chi connectivity index (χ2n) is 8.03. The largest absolute Gasteiger partial charge is 0.463 e. The molecule has 0 bridgehead atoms. The standard InChI is InChI=1S/C21H35NO10/c1-8-29-21(6,7)9-10-27-20-17(22-12(2)23)19(31-15(5)26)18(30-14(4)25)16(32-20)11-28-13(3)24/h16-20H,8-11H2,1-7H3,(H,22,23)/t16-,17-,18+,19-,20-/m1/s1. The third-order valence-electron chi connectivity index (χ3n) is 4.59. The summed E-state index contributed by atoms with van der Waals surface area (Å²) < 4.78 is 33.3. The van der Waals surface area contributed by atoms with E-state index in [9.17, 15) is 19.2 Å². The fourth-order valence-corrected chi connectivity index (χ4v) is 3.32. The van der Waals surface area contributed by atoms with Gasteiger partial charge < -0.3 is 33.7 Å². The fraction of sp³-hybridized carbons (Fsp3) is 0.810. The van der Waals surface area contributed by atoms with Crippen LogP contribution < -0.4 is 5.32 Å². The van der Waals surface area contributed by atoms with Gasteiger partial charge in [-0.05, 0) is 27.2 Å². The van der Waals surface area contributed by atoms with E-state index in [1.807, 2.05) is 20.8 Å². The van der Waals surface area contributed by atoms with Crippen LogP contribution in [0.1, 0.15) is 54.9 Å². The van der Waals surface area contributed by atoms with Gasteiger partial charge >= 0.3 is 17.9 Å². The molecular formula is C21H35NO10. The van der Waals surface area contributed by atoms with Gasteiger partial charge in [0.05, 0.1) is 12.2 Å². The van der Waals surface area contributed by atoms with Gasteiger partial charge in [0.1, 0.15) is 18.8 Å². The summed E-state index contributed by atoms with van der Waals surface area (Å²) in [6.07, 6.45) is -3.85. The second-order valence-corrected chi connectivity index (χ2v) is 8.03. The van der Waals surface area contributed by atoms with Crippen LogP contribution in [0.25, 0.3) is 0 Å². The molecule has 1 aliphatic heterocycles. The molecule has 0 unspecified atom stereocenters. The van der Waals surface area contributed by atoms with E-state index >= 15 is 0 Å². The van der Waals surface area contributed by atoms with Gasteiger partial charge in [-0.2, -0.15) is 0 Å². The monoisotopic (exact) mass is 461 g/mol. The molecule has 1 rings (SSSR count). The first kappa shape index (κ1) is 27.8. The van der Waals surface area contributed by atoms with E-state index < -0.39 is 60.1 Å². The quantitative estimate of drug-likeness (QED) is 0.348. The number of amides is 1.